The van der Waals surface area contributed by atoms with Crippen LogP contribution < -0.4 is 4.90 Å². The molecule has 15 heavy (non-hydrogen) atoms. The van der Waals surface area contributed by atoms with Gasteiger partial charge in [-0.3, -0.25) is 0 Å². The third-order valence-electron chi connectivity index (χ3n) is 2.49. The van der Waals surface area contributed by atoms with Gasteiger partial charge < -0.3 is 14.5 Å². The van der Waals surface area contributed by atoms with E-state index in [-0.39, 0.29) is 5.89 Å². The first kappa shape index (κ1) is 9.95. The Morgan fingerprint density at radius 3 is 2.47 bits per heavy atom. The molecule has 1 aliphatic rings. The van der Waals surface area contributed by atoms with Crippen LogP contribution >= 0.6 is 0 Å². The second-order valence-corrected chi connectivity index (χ2v) is 3.61. The number of hydrogen-bond acceptors (Lipinski definition) is 5. The largest absolute Gasteiger partial charge is 0.474 e. The van der Waals surface area contributed by atoms with Gasteiger partial charge in [0.2, 0.25) is 0 Å². The summed E-state index contributed by atoms with van der Waals surface area (Å²) in [5.74, 6) is -1.12. The first-order chi connectivity index (χ1) is 7.27. The van der Waals surface area contributed by atoms with Crippen LogP contribution in [-0.4, -0.2) is 34.3 Å². The van der Waals surface area contributed by atoms with Crippen LogP contribution in [0, 0.1) is 0 Å². The molecular formula is C9H13N3O3. The van der Waals surface area contributed by atoms with E-state index >= 15 is 0 Å². The SMILES string of the molecule is O=C(O)c1nc(N2CCCCCC2)no1. The molecule has 0 unspecified atom stereocenters. The van der Waals surface area contributed by atoms with Crippen molar-refractivity contribution < 1.29 is 14.4 Å². The quantitative estimate of drug-likeness (QED) is 0.790. The van der Waals surface area contributed by atoms with Crippen LogP contribution in [0.25, 0.3) is 0 Å². The first-order valence-corrected chi connectivity index (χ1v) is 5.09. The Morgan fingerprint density at radius 2 is 1.93 bits per heavy atom. The Balaban J connectivity index is 2.10. The highest BCUT2D eigenvalue weighted by Crippen LogP contribution is 2.15. The molecule has 2 rings (SSSR count). The van der Waals surface area contributed by atoms with Crippen molar-refractivity contribution in [3.8, 4) is 0 Å². The summed E-state index contributed by atoms with van der Waals surface area (Å²) < 4.78 is 4.62. The molecule has 0 aliphatic carbocycles. The highest BCUT2D eigenvalue weighted by atomic mass is 16.5. The zero-order valence-electron chi connectivity index (χ0n) is 8.35. The summed E-state index contributed by atoms with van der Waals surface area (Å²) in [5.41, 5.74) is 0. The van der Waals surface area contributed by atoms with Gasteiger partial charge in [-0.25, -0.2) is 4.79 Å². The molecule has 0 bridgehead atoms. The van der Waals surface area contributed by atoms with Crippen molar-refractivity contribution in [3.05, 3.63) is 5.89 Å². The molecule has 1 N–H and O–H groups in total. The molecule has 6 heteroatoms. The van der Waals surface area contributed by atoms with Crippen LogP contribution in [0.5, 0.6) is 0 Å². The number of carbonyl (C=O) groups is 1. The summed E-state index contributed by atoms with van der Waals surface area (Å²) in [7, 11) is 0. The monoisotopic (exact) mass is 211 g/mol. The van der Waals surface area contributed by atoms with Crippen molar-refractivity contribution in [1.82, 2.24) is 10.1 Å². The zero-order valence-corrected chi connectivity index (χ0v) is 8.35. The molecule has 0 saturated carbocycles. The maximum atomic E-state index is 10.6. The fourth-order valence-electron chi connectivity index (χ4n) is 1.70. The van der Waals surface area contributed by atoms with E-state index in [9.17, 15) is 4.79 Å². The standard InChI is InChI=1S/C9H13N3O3/c13-8(14)7-10-9(11-15-7)12-5-3-1-2-4-6-12/h1-6H2,(H,13,14). The number of carboxylic acid groups (broad SMARTS) is 1. The average molecular weight is 211 g/mol. The number of aromatic nitrogens is 2. The lowest BCUT2D eigenvalue weighted by Crippen LogP contribution is -2.25. The molecule has 0 spiro atoms. The minimum atomic E-state index is -1.18. The molecule has 1 aromatic rings. The number of carboxylic acids is 1. The minimum Gasteiger partial charge on any atom is -0.474 e. The van der Waals surface area contributed by atoms with E-state index in [1.807, 2.05) is 4.90 Å². The smallest absolute Gasteiger partial charge is 0.394 e. The van der Waals surface area contributed by atoms with Crippen molar-refractivity contribution in [1.29, 1.82) is 0 Å². The van der Waals surface area contributed by atoms with Gasteiger partial charge in [-0.15, -0.1) is 0 Å². The van der Waals surface area contributed by atoms with Crippen molar-refractivity contribution in [2.24, 2.45) is 0 Å². The molecule has 1 aromatic heterocycles. The molecule has 1 fully saturated rings. The predicted octanol–water partition coefficient (Wildman–Crippen LogP) is 1.15. The second-order valence-electron chi connectivity index (χ2n) is 3.61. The van der Waals surface area contributed by atoms with Crippen LogP contribution in [0.4, 0.5) is 5.95 Å². The number of hydrogen-bond donors (Lipinski definition) is 1. The molecular weight excluding hydrogens is 198 g/mol. The van der Waals surface area contributed by atoms with Gasteiger partial charge in [0, 0.05) is 13.1 Å². The molecule has 2 heterocycles. The minimum absolute atomic E-state index is 0.339. The van der Waals surface area contributed by atoms with Crippen LogP contribution in [0.1, 0.15) is 36.4 Å². The van der Waals surface area contributed by atoms with E-state index in [2.05, 4.69) is 14.7 Å². The third kappa shape index (κ3) is 2.26. The number of nitrogens with zero attached hydrogens (tertiary/aromatic N) is 3. The Morgan fingerprint density at radius 1 is 1.27 bits per heavy atom. The molecule has 0 radical (unpaired) electrons. The van der Waals surface area contributed by atoms with Gasteiger partial charge in [0.15, 0.2) is 0 Å². The second kappa shape index (κ2) is 4.29. The lowest BCUT2D eigenvalue weighted by atomic mass is 10.2. The van der Waals surface area contributed by atoms with Crippen LogP contribution in [0.3, 0.4) is 0 Å². The highest BCUT2D eigenvalue weighted by Gasteiger charge is 2.18. The maximum absolute atomic E-state index is 10.6. The molecule has 1 aliphatic heterocycles. The normalized spacial score (nSPS) is 17.5. The average Bonchev–Trinajstić information content (AvgIpc) is 2.55. The van der Waals surface area contributed by atoms with Crippen molar-refractivity contribution in [2.45, 2.75) is 25.7 Å². The molecule has 6 nitrogen and oxygen atoms in total. The van der Waals surface area contributed by atoms with Gasteiger partial charge in [-0.1, -0.05) is 12.8 Å². The summed E-state index contributed by atoms with van der Waals surface area (Å²) in [6, 6.07) is 0. The summed E-state index contributed by atoms with van der Waals surface area (Å²) in [5, 5.41) is 12.3. The van der Waals surface area contributed by atoms with E-state index in [0.717, 1.165) is 25.9 Å². The van der Waals surface area contributed by atoms with Crippen LogP contribution in [-0.2, 0) is 0 Å². The zero-order chi connectivity index (χ0) is 10.7. The van der Waals surface area contributed by atoms with E-state index in [1.165, 1.54) is 12.8 Å². The van der Waals surface area contributed by atoms with Gasteiger partial charge >= 0.3 is 11.9 Å². The summed E-state index contributed by atoms with van der Waals surface area (Å²) >= 11 is 0. The summed E-state index contributed by atoms with van der Waals surface area (Å²) in [6.07, 6.45) is 4.61. The number of rotatable bonds is 2. The van der Waals surface area contributed by atoms with Gasteiger partial charge in [0.05, 0.1) is 0 Å². The number of aromatic carboxylic acids is 1. The van der Waals surface area contributed by atoms with Crippen molar-refractivity contribution >= 4 is 11.9 Å². The Labute approximate surface area is 86.9 Å². The topological polar surface area (TPSA) is 79.5 Å². The van der Waals surface area contributed by atoms with Crippen molar-refractivity contribution in [2.75, 3.05) is 18.0 Å². The third-order valence-corrected chi connectivity index (χ3v) is 2.49. The van der Waals surface area contributed by atoms with Crippen LogP contribution in [0.2, 0.25) is 0 Å². The number of anilines is 1. The van der Waals surface area contributed by atoms with E-state index < -0.39 is 5.97 Å². The van der Waals surface area contributed by atoms with E-state index in [0.29, 0.717) is 5.95 Å². The first-order valence-electron chi connectivity index (χ1n) is 5.09. The van der Waals surface area contributed by atoms with Crippen LogP contribution in [0.15, 0.2) is 4.52 Å². The lowest BCUT2D eigenvalue weighted by molar-refractivity contribution is 0.0643. The molecule has 0 atom stereocenters. The molecule has 1 saturated heterocycles. The Bertz CT molecular complexity index is 342. The fourth-order valence-corrected chi connectivity index (χ4v) is 1.70. The van der Waals surface area contributed by atoms with E-state index in [1.54, 1.807) is 0 Å². The van der Waals surface area contributed by atoms with Gasteiger partial charge in [0.1, 0.15) is 0 Å². The Hall–Kier alpha value is -1.59. The Kier molecular flexibility index (Phi) is 2.84. The van der Waals surface area contributed by atoms with Gasteiger partial charge in [-0.05, 0) is 18.0 Å². The molecule has 0 amide bonds. The predicted molar refractivity (Wildman–Crippen MR) is 51.9 cm³/mol. The van der Waals surface area contributed by atoms with Gasteiger partial charge in [0.25, 0.3) is 5.95 Å². The summed E-state index contributed by atoms with van der Waals surface area (Å²) in [4.78, 5) is 16.3. The van der Waals surface area contributed by atoms with Crippen molar-refractivity contribution in [3.63, 3.8) is 0 Å². The summed E-state index contributed by atoms with van der Waals surface area (Å²) in [6.45, 7) is 1.75. The fraction of sp³-hybridized carbons (Fsp3) is 0.667. The van der Waals surface area contributed by atoms with Gasteiger partial charge in [-0.2, -0.15) is 4.98 Å². The maximum Gasteiger partial charge on any atom is 0.394 e. The highest BCUT2D eigenvalue weighted by molar-refractivity contribution is 5.82. The molecule has 0 aromatic carbocycles. The molecule has 82 valence electrons. The van der Waals surface area contributed by atoms with E-state index in [4.69, 9.17) is 5.11 Å². The lowest BCUT2D eigenvalue weighted by Gasteiger charge is -2.16.